The summed E-state index contributed by atoms with van der Waals surface area (Å²) >= 11 is 0. The monoisotopic (exact) mass is 1150 g/mol. The van der Waals surface area contributed by atoms with Crippen LogP contribution in [0.2, 0.25) is 0 Å². The van der Waals surface area contributed by atoms with Crippen LogP contribution in [-0.2, 0) is 52.3 Å². The van der Waals surface area contributed by atoms with Gasteiger partial charge in [0.15, 0.2) is 25.0 Å². The number of nitrogens with zero attached hydrogens (tertiary/aromatic N) is 1. The van der Waals surface area contributed by atoms with Crippen molar-refractivity contribution in [3.63, 3.8) is 0 Å². The molecule has 0 aliphatic carbocycles. The van der Waals surface area contributed by atoms with Crippen LogP contribution in [-0.4, -0.2) is 284 Å². The van der Waals surface area contributed by atoms with E-state index >= 15 is 0 Å². The van der Waals surface area contributed by atoms with Crippen molar-refractivity contribution in [2.75, 3.05) is 34.4 Å². The van der Waals surface area contributed by atoms with Gasteiger partial charge in [0, 0.05) is 37.3 Å². The standard InChI is InChI=1S/C37H67NO13.C12H22O12.3H2O/c1-14-25-37(10,45)30(41)20(4)27(39)18(2)16-35(8,44)32(51-34-28(40)24(38(11)12)15-19(3)47-34)21(5)29(22(6)33(43)49-25)50-26-17-36(9,46-13)31(42)23(7)48-26;13-1-3(15)10(7(18)8(19)11(21)22)24-12-9(20)6(17)5(16)4(2-14)23-12;;;/h18-26,28-32,34,40-42,44-45H,14-17H2,1-13H3;3-10,12-20H,1-2H2,(H,21,22);3*1H2/t18-,19-,20+,21+,22-,23+,24+,25-,26+,28-,29+,30-,31+,32-,34+,35-,36-,37-;3-,4-,5+,6+,7-,8-,9-,10-,12+;;;/m11.../s1. The minimum Gasteiger partial charge on any atom is -0.479 e. The van der Waals surface area contributed by atoms with Crippen LogP contribution >= 0.6 is 0 Å². The van der Waals surface area contributed by atoms with Crippen molar-refractivity contribution in [1.29, 1.82) is 0 Å². The highest BCUT2D eigenvalue weighted by Gasteiger charge is 2.54. The lowest BCUT2D eigenvalue weighted by molar-refractivity contribution is -0.326. The van der Waals surface area contributed by atoms with Gasteiger partial charge in [-0.05, 0) is 74.9 Å². The molecule has 27 atom stereocenters. The lowest BCUT2D eigenvalue weighted by Gasteiger charge is -2.49. The van der Waals surface area contributed by atoms with Gasteiger partial charge in [0.2, 0.25) is 0 Å². The Labute approximate surface area is 454 Å². The highest BCUT2D eigenvalue weighted by molar-refractivity contribution is 5.83. The Morgan fingerprint density at radius 1 is 0.782 bits per heavy atom. The first-order valence-corrected chi connectivity index (χ1v) is 25.5. The Kier molecular flexibility index (Phi) is 30.4. The number of Topliss-reactive ketones (excluding diaryl/α,β-unsaturated/α-hetero) is 1. The zero-order chi connectivity index (χ0) is 57.6. The van der Waals surface area contributed by atoms with Crippen molar-refractivity contribution in [1.82, 2.24) is 4.90 Å². The minimum absolute atomic E-state index is 0. The van der Waals surface area contributed by atoms with Crippen molar-refractivity contribution < 1.29 is 140 Å². The number of aliphatic carboxylic acids is 1. The van der Waals surface area contributed by atoms with Crippen LogP contribution in [0.25, 0.3) is 0 Å². The Morgan fingerprint density at radius 3 is 1.86 bits per heavy atom. The zero-order valence-electron chi connectivity index (χ0n) is 46.8. The molecule has 0 aromatic rings. The van der Waals surface area contributed by atoms with E-state index in [0.29, 0.717) is 6.42 Å². The average molecular weight is 1150 g/mol. The van der Waals surface area contributed by atoms with Crippen LogP contribution in [0, 0.1) is 23.7 Å². The topological polar surface area (TPSA) is 506 Å². The molecule has 0 saturated carbocycles. The van der Waals surface area contributed by atoms with Crippen molar-refractivity contribution in [2.24, 2.45) is 23.7 Å². The van der Waals surface area contributed by atoms with E-state index in [0.717, 1.165) is 0 Å². The Morgan fingerprint density at radius 2 is 1.36 bits per heavy atom. The van der Waals surface area contributed by atoms with Crippen molar-refractivity contribution in [2.45, 2.75) is 234 Å². The lowest BCUT2D eigenvalue weighted by atomic mass is 9.74. The summed E-state index contributed by atoms with van der Waals surface area (Å²) in [5.41, 5.74) is -4.84. The number of cyclic esters (lactones) is 1. The third-order valence-corrected chi connectivity index (χ3v) is 15.4. The molecule has 29 nitrogen and oxygen atoms in total. The summed E-state index contributed by atoms with van der Waals surface area (Å²) in [6.45, 7) is 14.6. The molecule has 4 fully saturated rings. The molecule has 464 valence electrons. The van der Waals surface area contributed by atoms with Crippen LogP contribution < -0.4 is 0 Å². The molecule has 4 aliphatic rings. The summed E-state index contributed by atoms with van der Waals surface area (Å²) in [4.78, 5) is 40.5. The fourth-order valence-electron chi connectivity index (χ4n) is 10.6. The molecule has 0 aromatic carbocycles. The molecule has 0 amide bonds. The fraction of sp³-hybridized carbons (Fsp3) is 0.939. The number of likely N-dealkylation sites (N-methyl/N-ethyl adjacent to an activating group) is 1. The van der Waals surface area contributed by atoms with E-state index in [-0.39, 0.29) is 47.8 Å². The van der Waals surface area contributed by atoms with Crippen molar-refractivity contribution >= 4 is 17.7 Å². The van der Waals surface area contributed by atoms with E-state index < -0.39 is 182 Å². The second-order valence-corrected chi connectivity index (χ2v) is 21.8. The first kappa shape index (κ1) is 75.7. The SMILES string of the molecule is CC[C@H]1OC(=O)[C@H](C)[C@@H](O[C@H]2C[C@@](C)(OC)[C@@H](O)[C@H](C)O2)[C@H](C)[C@@H](O[C@@H]2O[C@H](C)C[C@H](N(C)C)[C@H]2O)[C@](C)(O)C[C@@H](C)C(=O)[C@H](C)[C@@H](O)[C@]1(C)O.O.O.O.O=C(O)[C@H](O)[C@@H](O)[C@H](O[C@@H]1O[C@H](CO)[C@H](O)[C@H](O)[C@H]1O)[C@H](O)CO. The molecule has 4 rings (SSSR count). The number of aliphatic hydroxyl groups is 13. The zero-order valence-corrected chi connectivity index (χ0v) is 46.8. The molecule has 4 aliphatic heterocycles. The second kappa shape index (κ2) is 31.3. The highest BCUT2D eigenvalue weighted by Crippen LogP contribution is 2.41. The number of ether oxygens (including phenoxy) is 8. The first-order chi connectivity index (χ1) is 34.6. The maximum absolute atomic E-state index is 14.1. The van der Waals surface area contributed by atoms with Crippen LogP contribution in [0.1, 0.15) is 94.9 Å². The van der Waals surface area contributed by atoms with Crippen LogP contribution in [0.5, 0.6) is 0 Å². The maximum Gasteiger partial charge on any atom is 0.335 e. The van der Waals surface area contributed by atoms with Gasteiger partial charge in [0.1, 0.15) is 72.4 Å². The maximum atomic E-state index is 14.1. The van der Waals surface area contributed by atoms with E-state index in [1.54, 1.807) is 41.5 Å². The number of carbonyl (C=O) groups is 3. The number of esters is 1. The summed E-state index contributed by atoms with van der Waals surface area (Å²) in [5, 5.41) is 142. The molecule has 0 aromatic heterocycles. The Hall–Kier alpha value is -2.35. The van der Waals surface area contributed by atoms with E-state index in [2.05, 4.69) is 0 Å². The van der Waals surface area contributed by atoms with Crippen molar-refractivity contribution in [3.05, 3.63) is 0 Å². The number of carbonyl (C=O) groups excluding carboxylic acids is 2. The molecule has 78 heavy (non-hydrogen) atoms. The molecule has 0 unspecified atom stereocenters. The van der Waals surface area contributed by atoms with Gasteiger partial charge in [-0.1, -0.05) is 27.7 Å². The lowest BCUT2D eigenvalue weighted by Crippen LogP contribution is -2.61. The number of carboxylic acid groups (broad SMARTS) is 1. The van der Waals surface area contributed by atoms with Gasteiger partial charge >= 0.3 is 11.9 Å². The summed E-state index contributed by atoms with van der Waals surface area (Å²) in [6.07, 6.45) is -26.6. The molecule has 0 radical (unpaired) electrons. The third kappa shape index (κ3) is 17.6. The van der Waals surface area contributed by atoms with Crippen LogP contribution in [0.4, 0.5) is 0 Å². The van der Waals surface area contributed by atoms with Gasteiger partial charge in [0.25, 0.3) is 0 Å². The van der Waals surface area contributed by atoms with E-state index in [9.17, 15) is 70.6 Å². The van der Waals surface area contributed by atoms with Crippen LogP contribution in [0.15, 0.2) is 0 Å². The van der Waals surface area contributed by atoms with Crippen molar-refractivity contribution in [3.8, 4) is 0 Å². The quantitative estimate of drug-likeness (QED) is 0.0678. The molecule has 0 spiro atoms. The predicted octanol–water partition coefficient (Wildman–Crippen LogP) is -6.36. The second-order valence-electron chi connectivity index (χ2n) is 21.8. The first-order valence-electron chi connectivity index (χ1n) is 25.5. The van der Waals surface area contributed by atoms with Crippen LogP contribution in [0.3, 0.4) is 0 Å². The third-order valence-electron chi connectivity index (χ3n) is 15.4. The molecule has 29 heteroatoms. The van der Waals surface area contributed by atoms with E-state index in [1.165, 1.54) is 27.9 Å². The summed E-state index contributed by atoms with van der Waals surface area (Å²) in [5.74, 6) is -6.81. The highest BCUT2D eigenvalue weighted by atomic mass is 16.7. The van der Waals surface area contributed by atoms with Gasteiger partial charge < -0.3 is 131 Å². The van der Waals surface area contributed by atoms with Gasteiger partial charge in [-0.2, -0.15) is 0 Å². The number of carboxylic acids is 1. The number of hydrogen-bond donors (Lipinski definition) is 14. The number of methoxy groups -OCH3 is 1. The predicted molar refractivity (Wildman–Crippen MR) is 268 cm³/mol. The Balaban J connectivity index is 0.00000185. The molecule has 0 bridgehead atoms. The van der Waals surface area contributed by atoms with Gasteiger partial charge in [-0.25, -0.2) is 4.79 Å². The molecular formula is C49H95NO28. The number of aliphatic hydroxyl groups excluding tert-OH is 11. The van der Waals surface area contributed by atoms with E-state index in [4.69, 9.17) is 53.2 Å². The molecule has 4 heterocycles. The minimum atomic E-state index is -2.39. The van der Waals surface area contributed by atoms with Gasteiger partial charge in [0.05, 0.1) is 60.9 Å². The Bertz CT molecular complexity index is 1800. The number of rotatable bonds is 15. The molecule has 4 saturated heterocycles. The molecule has 20 N–H and O–H groups in total. The normalized spacial score (nSPS) is 43.6. The summed E-state index contributed by atoms with van der Waals surface area (Å²) in [6, 6.07) is -0.324. The number of ketones is 1. The smallest absolute Gasteiger partial charge is 0.335 e. The average Bonchev–Trinajstić information content (AvgIpc) is 3.35. The van der Waals surface area contributed by atoms with E-state index in [1.807, 2.05) is 25.9 Å². The summed E-state index contributed by atoms with van der Waals surface area (Å²) in [7, 11) is 5.18. The largest absolute Gasteiger partial charge is 0.479 e. The van der Waals surface area contributed by atoms with Gasteiger partial charge in [-0.15, -0.1) is 0 Å². The molecular weight excluding hydrogens is 1050 g/mol. The van der Waals surface area contributed by atoms with Gasteiger partial charge in [-0.3, -0.25) is 9.59 Å². The summed E-state index contributed by atoms with van der Waals surface area (Å²) < 4.78 is 47.0. The number of hydrogen-bond acceptors (Lipinski definition) is 25. The fourth-order valence-corrected chi connectivity index (χ4v) is 10.6.